The van der Waals surface area contributed by atoms with Crippen LogP contribution in [-0.4, -0.2) is 217 Å². The number of benzene rings is 5. The highest BCUT2D eigenvalue weighted by Crippen LogP contribution is 2.30. The SMILES string of the molecule is CC(C)(C)OC(=O)N1CCC(=O)CC1.COC(=O)c1cc2ccc(C(=O)C3CCN(C(=O)OC(C)(C)C)CC3)cc2n1C.COC(=O)c1cc2ccc(C(=O)C3CCNCC3)cc2n1C.COC(=O)c1cc2ccc(C=O)cc2[nH]1.COC(=O)c1cc2ccc(C=O)cc2n1C.Cc1ccc(S(=O)(=O)NN=C2CCN(C(=O)OC(C)(C)C)CC2)cc1.Cl. The topological polar surface area (TPSA) is 380 Å². The number of piperidine rings is 4. The molecule has 122 heavy (non-hydrogen) atoms. The van der Waals surface area contributed by atoms with Crippen molar-refractivity contribution in [3.63, 3.8) is 0 Å². The van der Waals surface area contributed by atoms with Crippen molar-refractivity contribution < 1.29 is 99.1 Å². The number of aromatic amines is 1. The third-order valence-corrected chi connectivity index (χ3v) is 21.3. The van der Waals surface area contributed by atoms with Gasteiger partial charge in [0.2, 0.25) is 0 Å². The molecule has 0 aliphatic carbocycles. The molecule has 0 spiro atoms. The number of aryl methyl sites for hydroxylation is 4. The zero-order chi connectivity index (χ0) is 89.0. The maximum atomic E-state index is 13.0. The van der Waals surface area contributed by atoms with Crippen molar-refractivity contribution in [2.75, 3.05) is 80.8 Å². The maximum absolute atomic E-state index is 13.0. The van der Waals surface area contributed by atoms with Crippen LogP contribution in [0, 0.1) is 18.8 Å². The van der Waals surface area contributed by atoms with Gasteiger partial charge < -0.3 is 71.9 Å². The van der Waals surface area contributed by atoms with Crippen LogP contribution in [-0.2, 0) is 69.1 Å². The molecule has 13 rings (SSSR count). The summed E-state index contributed by atoms with van der Waals surface area (Å²) in [6, 6.07) is 35.1. The van der Waals surface area contributed by atoms with Gasteiger partial charge in [-0.3, -0.25) is 24.0 Å². The third-order valence-electron chi connectivity index (χ3n) is 20.1. The zero-order valence-electron chi connectivity index (χ0n) is 72.2. The number of aldehydes is 2. The molecule has 3 N–H and O–H groups in total. The normalized spacial score (nSPS) is 14.5. The van der Waals surface area contributed by atoms with Crippen LogP contribution in [0.3, 0.4) is 0 Å². The fourth-order valence-corrected chi connectivity index (χ4v) is 14.3. The van der Waals surface area contributed by atoms with Crippen molar-refractivity contribution in [2.45, 2.75) is 142 Å². The summed E-state index contributed by atoms with van der Waals surface area (Å²) in [5, 5.41) is 10.9. The molecule has 0 bridgehead atoms. The van der Waals surface area contributed by atoms with E-state index in [1.807, 2.05) is 113 Å². The van der Waals surface area contributed by atoms with Gasteiger partial charge in [-0.15, -0.1) is 12.4 Å². The fraction of sp³-hybridized carbons (Fsp3) is 0.427. The Morgan fingerprint density at radius 2 is 0.828 bits per heavy atom. The number of nitrogens with zero attached hydrogens (tertiary/aromatic N) is 7. The predicted molar refractivity (Wildman–Crippen MR) is 463 cm³/mol. The highest BCUT2D eigenvalue weighted by molar-refractivity contribution is 7.89. The predicted octanol–water partition coefficient (Wildman–Crippen LogP) is 14.2. The Kier molecular flexibility index (Phi) is 34.2. The van der Waals surface area contributed by atoms with E-state index in [9.17, 15) is 66.0 Å². The van der Waals surface area contributed by atoms with Gasteiger partial charge in [-0.05, 0) is 169 Å². The highest BCUT2D eigenvalue weighted by atomic mass is 35.5. The molecule has 4 saturated heterocycles. The van der Waals surface area contributed by atoms with Gasteiger partial charge >= 0.3 is 42.2 Å². The Morgan fingerprint density at radius 1 is 0.459 bits per heavy atom. The lowest BCUT2D eigenvalue weighted by atomic mass is 9.89. The molecule has 656 valence electrons. The van der Waals surface area contributed by atoms with E-state index in [4.69, 9.17) is 23.7 Å². The second kappa shape index (κ2) is 43.0. The Bertz CT molecular complexity index is 5430. The summed E-state index contributed by atoms with van der Waals surface area (Å²) in [7, 11) is 7.07. The number of amides is 3. The molecule has 0 unspecified atom stereocenters. The Morgan fingerprint density at radius 3 is 1.23 bits per heavy atom. The number of esters is 4. The molecule has 31 nitrogen and oxygen atoms in total. The summed E-state index contributed by atoms with van der Waals surface area (Å²) >= 11 is 0. The van der Waals surface area contributed by atoms with E-state index in [-0.39, 0.29) is 76.7 Å². The van der Waals surface area contributed by atoms with E-state index in [2.05, 4.69) is 29.7 Å². The molecule has 4 aliphatic rings. The quantitative estimate of drug-likeness (QED) is 0.0317. The first kappa shape index (κ1) is 97.1. The molecule has 4 aliphatic heterocycles. The van der Waals surface area contributed by atoms with Crippen LogP contribution < -0.4 is 10.1 Å². The average Bonchev–Trinajstić information content (AvgIpc) is 1.64. The number of halogens is 1. The lowest BCUT2D eigenvalue weighted by Crippen LogP contribution is -2.43. The number of hydrogen-bond donors (Lipinski definition) is 3. The van der Waals surface area contributed by atoms with E-state index < -0.39 is 38.8 Å². The number of methoxy groups -OCH3 is 4. The van der Waals surface area contributed by atoms with E-state index >= 15 is 0 Å². The Hall–Kier alpha value is -12.0. The van der Waals surface area contributed by atoms with Crippen LogP contribution in [0.25, 0.3) is 43.6 Å². The van der Waals surface area contributed by atoms with Gasteiger partial charge in [0.25, 0.3) is 10.0 Å². The Balaban J connectivity index is 0.000000205. The van der Waals surface area contributed by atoms with Crippen molar-refractivity contribution in [1.82, 2.24) is 43.5 Å². The fourth-order valence-electron chi connectivity index (χ4n) is 13.5. The van der Waals surface area contributed by atoms with E-state index in [1.54, 1.807) is 127 Å². The summed E-state index contributed by atoms with van der Waals surface area (Å²) in [6.07, 6.45) is 5.47. The monoisotopic (exact) mass is 1720 g/mol. The number of hydrazone groups is 1. The van der Waals surface area contributed by atoms with Crippen LogP contribution in [0.4, 0.5) is 14.4 Å². The van der Waals surface area contributed by atoms with Gasteiger partial charge in [0.1, 0.15) is 57.9 Å². The molecule has 9 aromatic rings. The number of carbonyl (C=O) groups excluding carboxylic acids is 12. The summed E-state index contributed by atoms with van der Waals surface area (Å²) in [4.78, 5) is 150. The molecular weight excluding hydrogens is 1610 g/mol. The molecule has 8 heterocycles. The number of rotatable bonds is 13. The van der Waals surface area contributed by atoms with Crippen molar-refractivity contribution >= 4 is 144 Å². The lowest BCUT2D eigenvalue weighted by Gasteiger charge is -2.33. The standard InChI is InChI=1S/C22H28N2O5.C17H25N3O4S.C17H20N2O3.C12H11NO3.C11H9NO3.C10H17NO3.ClH/c1-22(2,3)29-21(27)24-10-8-14(9-11-24)19(25)16-7-6-15-12-18(20(26)28-5)23(4)17(15)13-16;1-13-5-7-15(8-6-13)25(22,23)19-18-14-9-11-20(12-10-14)16(21)24-17(2,3)4;1-19-14-10-13(16(20)11-5-7-18-8-6-11)4-3-12(14)9-15(19)17(21)22-2;1-13-10-5-8(7-14)3-4-9(10)6-11(13)12(15)16-2;1-15-11(14)10-5-8-3-2-7(6-13)4-9(8)12-10;1-10(2,3)14-9(13)11-6-4-8(12)5-7-11;/h6-7,12-14H,8-11H2,1-5H3;5-8,19H,9-12H2,1-4H3;3-4,9-11,18H,5-8H2,1-2H3;3-7H,1-2H3;2-6,12H,1H3;4-7H2,1-3H3;1H. The number of carbonyl (C=O) groups is 12. The minimum absolute atomic E-state index is 0. The smallest absolute Gasteiger partial charge is 0.410 e. The van der Waals surface area contributed by atoms with Crippen LogP contribution in [0.5, 0.6) is 0 Å². The summed E-state index contributed by atoms with van der Waals surface area (Å²) in [5.74, 6) is -1.13. The number of aromatic nitrogens is 4. The van der Waals surface area contributed by atoms with Crippen molar-refractivity contribution in [1.29, 1.82) is 0 Å². The molecule has 4 fully saturated rings. The number of nitrogens with one attached hydrogen (secondary N) is 3. The zero-order valence-corrected chi connectivity index (χ0v) is 73.8. The average molecular weight is 1720 g/mol. The van der Waals surface area contributed by atoms with Gasteiger partial charge in [0.15, 0.2) is 11.6 Å². The second-order valence-corrected chi connectivity index (χ2v) is 34.1. The van der Waals surface area contributed by atoms with Gasteiger partial charge in [-0.25, -0.2) is 38.4 Å². The molecule has 4 aromatic heterocycles. The minimum Gasteiger partial charge on any atom is -0.464 e. The second-order valence-electron chi connectivity index (χ2n) is 32.4. The van der Waals surface area contributed by atoms with E-state index in [0.717, 1.165) is 99.0 Å². The molecule has 0 radical (unpaired) electrons. The number of sulfonamides is 1. The van der Waals surface area contributed by atoms with Crippen molar-refractivity contribution in [3.8, 4) is 0 Å². The van der Waals surface area contributed by atoms with Crippen molar-refractivity contribution in [2.24, 2.45) is 38.1 Å². The van der Waals surface area contributed by atoms with Crippen molar-refractivity contribution in [3.05, 3.63) is 172 Å². The molecular formula is C89H111ClN10O21S. The minimum atomic E-state index is -3.67. The first-order valence-electron chi connectivity index (χ1n) is 39.6. The molecule has 5 aromatic carbocycles. The number of fused-ring (bicyclic) bond motifs is 4. The number of ketones is 3. The number of H-pyrrole nitrogens is 1. The van der Waals surface area contributed by atoms with E-state index in [0.29, 0.717) is 117 Å². The van der Waals surface area contributed by atoms with Gasteiger partial charge in [0.05, 0.1) is 33.3 Å². The molecule has 0 saturated carbocycles. The number of likely N-dealkylation sites (tertiary alicyclic amines) is 3. The first-order valence-corrected chi connectivity index (χ1v) is 41.1. The van der Waals surface area contributed by atoms with Crippen LogP contribution in [0.15, 0.2) is 131 Å². The molecule has 0 atom stereocenters. The maximum Gasteiger partial charge on any atom is 0.410 e. The molecule has 33 heteroatoms. The summed E-state index contributed by atoms with van der Waals surface area (Å²) in [6.45, 7) is 23.1. The summed E-state index contributed by atoms with van der Waals surface area (Å²) in [5.41, 5.74) is 7.74. The Labute approximate surface area is 715 Å². The number of hydrogen-bond acceptors (Lipinski definition) is 23. The first-order chi connectivity index (χ1) is 57.1. The third kappa shape index (κ3) is 26.7. The van der Waals surface area contributed by atoms with Crippen LogP contribution in [0.1, 0.15) is 203 Å². The van der Waals surface area contributed by atoms with Gasteiger partial charge in [0, 0.05) is 170 Å². The van der Waals surface area contributed by atoms with Crippen LogP contribution >= 0.6 is 12.4 Å². The molecule has 3 amide bonds. The lowest BCUT2D eigenvalue weighted by molar-refractivity contribution is -0.121. The van der Waals surface area contributed by atoms with E-state index in [1.165, 1.54) is 28.4 Å². The largest absolute Gasteiger partial charge is 0.464 e. The van der Waals surface area contributed by atoms with Gasteiger partial charge in [-0.2, -0.15) is 13.5 Å². The summed E-state index contributed by atoms with van der Waals surface area (Å²) < 4.78 is 64.4. The van der Waals surface area contributed by atoms with Gasteiger partial charge in [-0.1, -0.05) is 66.2 Å². The highest BCUT2D eigenvalue weighted by Gasteiger charge is 2.33. The number of Topliss-reactive ketones (excluding diaryl/α,β-unsaturated/α-hetero) is 3. The van der Waals surface area contributed by atoms with Crippen LogP contribution in [0.2, 0.25) is 0 Å². The number of ether oxygens (including phenoxy) is 7.